The van der Waals surface area contributed by atoms with Crippen LogP contribution in [0.2, 0.25) is 0 Å². The maximum atomic E-state index is 13.5. The zero-order valence-corrected chi connectivity index (χ0v) is 16.7. The summed E-state index contributed by atoms with van der Waals surface area (Å²) in [6.45, 7) is 1.28. The van der Waals surface area contributed by atoms with Crippen molar-refractivity contribution in [1.29, 1.82) is 0 Å². The molecule has 0 aliphatic carbocycles. The Morgan fingerprint density at radius 1 is 0.871 bits per heavy atom. The van der Waals surface area contributed by atoms with E-state index in [4.69, 9.17) is 4.98 Å². The molecule has 5 aromatic rings. The molecule has 0 radical (unpaired) electrons. The van der Waals surface area contributed by atoms with Crippen LogP contribution >= 0.6 is 0 Å². The number of fused-ring (bicyclic) bond motifs is 1. The number of benzene rings is 3. The zero-order chi connectivity index (χ0) is 21.0. The van der Waals surface area contributed by atoms with E-state index < -0.39 is 0 Å². The largest absolute Gasteiger partial charge is 0.366 e. The molecule has 0 spiro atoms. The van der Waals surface area contributed by atoms with Gasteiger partial charge in [-0.3, -0.25) is 0 Å². The molecular formula is C25H20FN5. The molecule has 2 heterocycles. The lowest BCUT2D eigenvalue weighted by Gasteiger charge is -2.13. The molecule has 6 heteroatoms. The molecule has 0 saturated carbocycles. The third-order valence-corrected chi connectivity index (χ3v) is 5.16. The molecule has 0 bridgehead atoms. The van der Waals surface area contributed by atoms with Gasteiger partial charge in [0.15, 0.2) is 0 Å². The third-order valence-electron chi connectivity index (χ3n) is 5.16. The van der Waals surface area contributed by atoms with E-state index in [1.54, 1.807) is 23.0 Å². The van der Waals surface area contributed by atoms with Crippen molar-refractivity contribution in [3.8, 4) is 11.1 Å². The maximum Gasteiger partial charge on any atom is 0.127 e. The van der Waals surface area contributed by atoms with Crippen LogP contribution < -0.4 is 5.32 Å². The van der Waals surface area contributed by atoms with Crippen LogP contribution in [0.15, 0.2) is 91.3 Å². The molecule has 0 saturated heterocycles. The van der Waals surface area contributed by atoms with Crippen molar-refractivity contribution < 1.29 is 4.39 Å². The molecule has 152 valence electrons. The number of aromatic nitrogens is 4. The minimum Gasteiger partial charge on any atom is -0.366 e. The summed E-state index contributed by atoms with van der Waals surface area (Å²) in [7, 11) is 0. The highest BCUT2D eigenvalue weighted by Crippen LogP contribution is 2.31. The standard InChI is InChI=1S/C25H20FN5/c26-21-9-7-20(8-10-21)23-15-25(27-16-18-4-2-1-3-5-18)29-24-14-19(6-11-22(23)24)17-31-13-12-28-30-31/h1-15H,16-17H2,(H,27,29). The second-order valence-corrected chi connectivity index (χ2v) is 7.35. The fourth-order valence-corrected chi connectivity index (χ4v) is 3.62. The van der Waals surface area contributed by atoms with E-state index in [0.29, 0.717) is 13.1 Å². The molecule has 0 atom stereocenters. The molecular weight excluding hydrogens is 389 g/mol. The number of halogens is 1. The summed E-state index contributed by atoms with van der Waals surface area (Å²) < 4.78 is 15.3. The van der Waals surface area contributed by atoms with Gasteiger partial charge >= 0.3 is 0 Å². The summed E-state index contributed by atoms with van der Waals surface area (Å²) in [5, 5.41) is 12.3. The van der Waals surface area contributed by atoms with Gasteiger partial charge in [0.2, 0.25) is 0 Å². The Hall–Kier alpha value is -4.06. The van der Waals surface area contributed by atoms with Crippen molar-refractivity contribution in [2.24, 2.45) is 0 Å². The summed E-state index contributed by atoms with van der Waals surface area (Å²) in [6.07, 6.45) is 3.50. The van der Waals surface area contributed by atoms with E-state index >= 15 is 0 Å². The summed E-state index contributed by atoms with van der Waals surface area (Å²) >= 11 is 0. The average molecular weight is 409 g/mol. The summed E-state index contributed by atoms with van der Waals surface area (Å²) in [5.74, 6) is 0.522. The SMILES string of the molecule is Fc1ccc(-c2cc(NCc3ccccc3)nc3cc(Cn4ccnn4)ccc23)cc1. The van der Waals surface area contributed by atoms with Crippen molar-refractivity contribution in [1.82, 2.24) is 20.0 Å². The van der Waals surface area contributed by atoms with E-state index in [9.17, 15) is 4.39 Å². The molecule has 0 fully saturated rings. The topological polar surface area (TPSA) is 55.6 Å². The van der Waals surface area contributed by atoms with Gasteiger partial charge < -0.3 is 5.32 Å². The fourth-order valence-electron chi connectivity index (χ4n) is 3.62. The van der Waals surface area contributed by atoms with Crippen LogP contribution in [0.5, 0.6) is 0 Å². The Kier molecular flexibility index (Phi) is 5.10. The second-order valence-electron chi connectivity index (χ2n) is 7.35. The van der Waals surface area contributed by atoms with Crippen LogP contribution in [0.25, 0.3) is 22.0 Å². The minimum absolute atomic E-state index is 0.250. The molecule has 0 aliphatic heterocycles. The van der Waals surface area contributed by atoms with Crippen LogP contribution in [-0.2, 0) is 13.1 Å². The van der Waals surface area contributed by atoms with Gasteiger partial charge in [0.25, 0.3) is 0 Å². The summed E-state index contributed by atoms with van der Waals surface area (Å²) in [5.41, 5.74) is 5.08. The average Bonchev–Trinajstić information content (AvgIpc) is 3.31. The Balaban J connectivity index is 1.55. The number of pyridine rings is 1. The highest BCUT2D eigenvalue weighted by Gasteiger charge is 2.10. The Labute approximate surface area is 179 Å². The first-order chi connectivity index (χ1) is 15.2. The van der Waals surface area contributed by atoms with Crippen molar-refractivity contribution in [3.05, 3.63) is 108 Å². The van der Waals surface area contributed by atoms with E-state index in [2.05, 4.69) is 46.0 Å². The maximum absolute atomic E-state index is 13.5. The van der Waals surface area contributed by atoms with Gasteiger partial charge in [-0.2, -0.15) is 0 Å². The van der Waals surface area contributed by atoms with E-state index in [-0.39, 0.29) is 5.82 Å². The van der Waals surface area contributed by atoms with Crippen molar-refractivity contribution in [2.75, 3.05) is 5.32 Å². The highest BCUT2D eigenvalue weighted by molar-refractivity contribution is 5.96. The number of anilines is 1. The van der Waals surface area contributed by atoms with Gasteiger partial charge in [-0.1, -0.05) is 59.8 Å². The predicted molar refractivity (Wildman–Crippen MR) is 120 cm³/mol. The van der Waals surface area contributed by atoms with Gasteiger partial charge in [-0.15, -0.1) is 5.10 Å². The summed E-state index contributed by atoms with van der Waals surface area (Å²) in [6, 6.07) is 25.0. The van der Waals surface area contributed by atoms with E-state index in [1.165, 1.54) is 17.7 Å². The summed E-state index contributed by atoms with van der Waals surface area (Å²) in [4.78, 5) is 4.85. The van der Waals surface area contributed by atoms with Crippen molar-refractivity contribution in [3.63, 3.8) is 0 Å². The van der Waals surface area contributed by atoms with Crippen molar-refractivity contribution in [2.45, 2.75) is 13.1 Å². The number of nitrogens with one attached hydrogen (secondary N) is 1. The minimum atomic E-state index is -0.250. The molecule has 2 aromatic heterocycles. The lowest BCUT2D eigenvalue weighted by atomic mass is 9.99. The highest BCUT2D eigenvalue weighted by atomic mass is 19.1. The van der Waals surface area contributed by atoms with Crippen LogP contribution in [0.3, 0.4) is 0 Å². The smallest absolute Gasteiger partial charge is 0.127 e. The molecule has 0 amide bonds. The first-order valence-corrected chi connectivity index (χ1v) is 10.1. The lowest BCUT2D eigenvalue weighted by Crippen LogP contribution is -2.03. The quantitative estimate of drug-likeness (QED) is 0.414. The van der Waals surface area contributed by atoms with Crippen LogP contribution in [0.1, 0.15) is 11.1 Å². The van der Waals surface area contributed by atoms with Crippen LogP contribution in [-0.4, -0.2) is 20.0 Å². The molecule has 0 unspecified atom stereocenters. The van der Waals surface area contributed by atoms with E-state index in [1.807, 2.05) is 30.5 Å². The van der Waals surface area contributed by atoms with Crippen LogP contribution in [0.4, 0.5) is 10.2 Å². The van der Waals surface area contributed by atoms with Crippen LogP contribution in [0, 0.1) is 5.82 Å². The first kappa shape index (κ1) is 18.9. The molecule has 31 heavy (non-hydrogen) atoms. The van der Waals surface area contributed by atoms with Gasteiger partial charge in [-0.25, -0.2) is 14.1 Å². The lowest BCUT2D eigenvalue weighted by molar-refractivity contribution is 0.628. The first-order valence-electron chi connectivity index (χ1n) is 10.1. The number of nitrogens with zero attached hydrogens (tertiary/aromatic N) is 4. The predicted octanol–water partition coefficient (Wildman–Crippen LogP) is 5.29. The monoisotopic (exact) mass is 409 g/mol. The van der Waals surface area contributed by atoms with Gasteiger partial charge in [0.1, 0.15) is 11.6 Å². The molecule has 0 aliphatic rings. The second kappa shape index (κ2) is 8.36. The van der Waals surface area contributed by atoms with Gasteiger partial charge in [0.05, 0.1) is 18.3 Å². The normalized spacial score (nSPS) is 11.0. The van der Waals surface area contributed by atoms with E-state index in [0.717, 1.165) is 33.4 Å². The number of hydrogen-bond acceptors (Lipinski definition) is 4. The Bertz CT molecular complexity index is 1300. The Morgan fingerprint density at radius 2 is 1.71 bits per heavy atom. The van der Waals surface area contributed by atoms with Crippen molar-refractivity contribution >= 4 is 16.7 Å². The van der Waals surface area contributed by atoms with Gasteiger partial charge in [0, 0.05) is 18.1 Å². The Morgan fingerprint density at radius 3 is 2.48 bits per heavy atom. The zero-order valence-electron chi connectivity index (χ0n) is 16.7. The molecule has 3 aromatic carbocycles. The van der Waals surface area contributed by atoms with Gasteiger partial charge in [-0.05, 0) is 46.5 Å². The number of hydrogen-bond donors (Lipinski definition) is 1. The molecule has 5 rings (SSSR count). The molecule has 1 N–H and O–H groups in total. The molecule has 5 nitrogen and oxygen atoms in total. The number of rotatable bonds is 6. The third kappa shape index (κ3) is 4.28. The fraction of sp³-hybridized carbons (Fsp3) is 0.0800.